The molecule has 0 bridgehead atoms. The number of ether oxygens (including phenoxy) is 1. The zero-order chi connectivity index (χ0) is 19.0. The molecule has 0 aromatic carbocycles. The van der Waals surface area contributed by atoms with Gasteiger partial charge in [0.25, 0.3) is 11.8 Å². The van der Waals surface area contributed by atoms with Crippen molar-refractivity contribution in [1.29, 1.82) is 0 Å². The second kappa shape index (κ2) is 6.68. The molecule has 4 rings (SSSR count). The fourth-order valence-corrected chi connectivity index (χ4v) is 4.23. The highest BCUT2D eigenvalue weighted by Gasteiger charge is 2.50. The smallest absolute Gasteiger partial charge is 0.257 e. The molecule has 3 heterocycles. The number of hydrogen-bond donors (Lipinski definition) is 1. The molecule has 1 aliphatic heterocycles. The third-order valence-corrected chi connectivity index (χ3v) is 5.62. The number of aryl methyl sites for hydroxylation is 1. The molecule has 2 fully saturated rings. The fraction of sp³-hybridized carbons (Fsp3) is 0.474. The van der Waals surface area contributed by atoms with Gasteiger partial charge in [0.15, 0.2) is 0 Å². The number of nitrogens with one attached hydrogen (secondary N) is 1. The van der Waals surface area contributed by atoms with Crippen LogP contribution >= 0.6 is 0 Å². The summed E-state index contributed by atoms with van der Waals surface area (Å²) in [5.41, 5.74) is 1.24. The van der Waals surface area contributed by atoms with Crippen molar-refractivity contribution < 1.29 is 14.3 Å². The summed E-state index contributed by atoms with van der Waals surface area (Å²) in [6.45, 7) is 1.45. The minimum Gasteiger partial charge on any atom is -0.494 e. The minimum atomic E-state index is -0.0876. The summed E-state index contributed by atoms with van der Waals surface area (Å²) in [5, 5.41) is 7.10. The molecule has 0 unspecified atom stereocenters. The zero-order valence-electron chi connectivity index (χ0n) is 15.5. The number of pyridine rings is 1. The predicted molar refractivity (Wildman–Crippen MR) is 97.4 cm³/mol. The molecule has 8 nitrogen and oxygen atoms in total. The summed E-state index contributed by atoms with van der Waals surface area (Å²) in [5.74, 6) is 0.392. The van der Waals surface area contributed by atoms with Crippen molar-refractivity contribution in [2.24, 2.45) is 12.5 Å². The Labute approximate surface area is 157 Å². The number of likely N-dealkylation sites (tertiary alicyclic amines) is 1. The van der Waals surface area contributed by atoms with Gasteiger partial charge in [-0.25, -0.2) is 0 Å². The normalized spacial score (nSPS) is 23.9. The summed E-state index contributed by atoms with van der Waals surface area (Å²) < 4.78 is 6.87. The molecule has 1 aliphatic carbocycles. The van der Waals surface area contributed by atoms with Gasteiger partial charge in [-0.05, 0) is 30.7 Å². The third kappa shape index (κ3) is 3.27. The Morgan fingerprint density at radius 1 is 1.33 bits per heavy atom. The second-order valence-corrected chi connectivity index (χ2v) is 7.53. The number of carbonyl (C=O) groups excluding carboxylic acids is 2. The van der Waals surface area contributed by atoms with E-state index in [-0.39, 0.29) is 23.3 Å². The van der Waals surface area contributed by atoms with E-state index in [2.05, 4.69) is 15.4 Å². The van der Waals surface area contributed by atoms with Crippen LogP contribution in [-0.4, -0.2) is 57.7 Å². The summed E-state index contributed by atoms with van der Waals surface area (Å²) in [6, 6.07) is 1.85. The van der Waals surface area contributed by atoms with Gasteiger partial charge in [-0.2, -0.15) is 5.10 Å². The van der Waals surface area contributed by atoms with Crippen LogP contribution in [0.5, 0.6) is 5.75 Å². The number of carbonyl (C=O) groups is 2. The van der Waals surface area contributed by atoms with Gasteiger partial charge in [0.2, 0.25) is 0 Å². The Bertz CT molecular complexity index is 872. The number of methoxy groups -OCH3 is 1. The molecular weight excluding hydrogens is 346 g/mol. The van der Waals surface area contributed by atoms with Crippen molar-refractivity contribution in [3.8, 4) is 5.75 Å². The third-order valence-electron chi connectivity index (χ3n) is 5.62. The molecule has 2 aromatic heterocycles. The summed E-state index contributed by atoms with van der Waals surface area (Å²) >= 11 is 0. The van der Waals surface area contributed by atoms with Crippen LogP contribution in [0.25, 0.3) is 0 Å². The first-order chi connectivity index (χ1) is 13.0. The lowest BCUT2D eigenvalue weighted by molar-refractivity contribution is 0.0608. The molecule has 2 aromatic rings. The van der Waals surface area contributed by atoms with Crippen LogP contribution < -0.4 is 10.1 Å². The SMILES string of the molecule is COc1cnccc1C(=O)N1CCC2(CC(NC(=O)c3cnn(C)c3)C2)C1. The molecule has 27 heavy (non-hydrogen) atoms. The van der Waals surface area contributed by atoms with Crippen molar-refractivity contribution in [3.63, 3.8) is 0 Å². The van der Waals surface area contributed by atoms with Crippen LogP contribution in [0, 0.1) is 5.41 Å². The molecule has 1 saturated carbocycles. The van der Waals surface area contributed by atoms with Gasteiger partial charge in [0.05, 0.1) is 30.6 Å². The highest BCUT2D eigenvalue weighted by molar-refractivity contribution is 5.97. The zero-order valence-corrected chi connectivity index (χ0v) is 15.5. The van der Waals surface area contributed by atoms with E-state index in [0.29, 0.717) is 16.9 Å². The molecule has 0 radical (unpaired) electrons. The fourth-order valence-electron chi connectivity index (χ4n) is 4.23. The van der Waals surface area contributed by atoms with Gasteiger partial charge in [-0.3, -0.25) is 19.3 Å². The Morgan fingerprint density at radius 3 is 2.85 bits per heavy atom. The van der Waals surface area contributed by atoms with Crippen molar-refractivity contribution >= 4 is 11.8 Å². The maximum absolute atomic E-state index is 12.8. The predicted octanol–water partition coefficient (Wildman–Crippen LogP) is 1.25. The maximum atomic E-state index is 12.8. The van der Waals surface area contributed by atoms with Crippen molar-refractivity contribution in [2.45, 2.75) is 25.3 Å². The molecule has 1 saturated heterocycles. The molecule has 142 valence electrons. The highest BCUT2D eigenvalue weighted by Crippen LogP contribution is 2.48. The van der Waals surface area contributed by atoms with E-state index in [0.717, 1.165) is 32.4 Å². The number of nitrogens with zero attached hydrogens (tertiary/aromatic N) is 4. The Balaban J connectivity index is 1.34. The van der Waals surface area contributed by atoms with E-state index >= 15 is 0 Å². The standard InChI is InChI=1S/C19H23N5O3/c1-23-11-13(9-21-23)17(25)22-14-7-19(8-14)4-6-24(12-19)18(26)15-3-5-20-10-16(15)27-2/h3,5,9-11,14H,4,6-8,12H2,1-2H3,(H,22,25). The van der Waals surface area contributed by atoms with Gasteiger partial charge >= 0.3 is 0 Å². The average molecular weight is 369 g/mol. The van der Waals surface area contributed by atoms with Crippen molar-refractivity contribution in [3.05, 3.63) is 42.0 Å². The molecule has 2 amide bonds. The van der Waals surface area contributed by atoms with Crippen LogP contribution in [0.1, 0.15) is 40.0 Å². The number of amides is 2. The molecule has 8 heteroatoms. The van der Waals surface area contributed by atoms with Gasteiger partial charge in [0.1, 0.15) is 5.75 Å². The quantitative estimate of drug-likeness (QED) is 0.876. The van der Waals surface area contributed by atoms with E-state index in [1.54, 1.807) is 49.7 Å². The number of aromatic nitrogens is 3. The highest BCUT2D eigenvalue weighted by atomic mass is 16.5. The Kier molecular flexibility index (Phi) is 4.33. The summed E-state index contributed by atoms with van der Waals surface area (Å²) in [4.78, 5) is 31.0. The van der Waals surface area contributed by atoms with Gasteiger partial charge in [-0.15, -0.1) is 0 Å². The van der Waals surface area contributed by atoms with Gasteiger partial charge < -0.3 is 15.0 Å². The average Bonchev–Trinajstić information content (AvgIpc) is 3.27. The lowest BCUT2D eigenvalue weighted by Crippen LogP contribution is -2.52. The van der Waals surface area contributed by atoms with Crippen LogP contribution in [0.3, 0.4) is 0 Å². The first-order valence-corrected chi connectivity index (χ1v) is 9.06. The summed E-state index contributed by atoms with van der Waals surface area (Å²) in [6.07, 6.45) is 9.21. The van der Waals surface area contributed by atoms with Crippen LogP contribution in [0.4, 0.5) is 0 Å². The van der Waals surface area contributed by atoms with E-state index in [9.17, 15) is 9.59 Å². The number of rotatable bonds is 4. The molecule has 1 N–H and O–H groups in total. The van der Waals surface area contributed by atoms with Gasteiger partial charge in [-0.1, -0.05) is 0 Å². The van der Waals surface area contributed by atoms with E-state index < -0.39 is 0 Å². The monoisotopic (exact) mass is 369 g/mol. The van der Waals surface area contributed by atoms with Crippen LogP contribution in [0.2, 0.25) is 0 Å². The minimum absolute atomic E-state index is 0.0195. The summed E-state index contributed by atoms with van der Waals surface area (Å²) in [7, 11) is 3.33. The van der Waals surface area contributed by atoms with Gasteiger partial charge in [0, 0.05) is 38.6 Å². The lowest BCUT2D eigenvalue weighted by atomic mass is 9.65. The molecule has 1 spiro atoms. The largest absolute Gasteiger partial charge is 0.494 e. The lowest BCUT2D eigenvalue weighted by Gasteiger charge is -2.45. The van der Waals surface area contributed by atoms with Crippen LogP contribution in [0.15, 0.2) is 30.9 Å². The first kappa shape index (κ1) is 17.5. The Hall–Kier alpha value is -2.90. The van der Waals surface area contributed by atoms with Crippen molar-refractivity contribution in [1.82, 2.24) is 25.0 Å². The maximum Gasteiger partial charge on any atom is 0.257 e. The van der Waals surface area contributed by atoms with E-state index in [1.807, 2.05) is 4.90 Å². The Morgan fingerprint density at radius 2 is 2.15 bits per heavy atom. The van der Waals surface area contributed by atoms with Crippen LogP contribution in [-0.2, 0) is 7.05 Å². The van der Waals surface area contributed by atoms with E-state index in [1.165, 1.54) is 0 Å². The van der Waals surface area contributed by atoms with E-state index in [4.69, 9.17) is 4.74 Å². The molecule has 2 aliphatic rings. The first-order valence-electron chi connectivity index (χ1n) is 9.06. The number of hydrogen-bond acceptors (Lipinski definition) is 5. The second-order valence-electron chi connectivity index (χ2n) is 7.53. The van der Waals surface area contributed by atoms with Crippen molar-refractivity contribution in [2.75, 3.05) is 20.2 Å². The molecule has 0 atom stereocenters. The topological polar surface area (TPSA) is 89.3 Å². The molecular formula is C19H23N5O3.